The number of aromatic nitrogens is 4. The van der Waals surface area contributed by atoms with E-state index in [1.165, 1.54) is 37.1 Å². The minimum absolute atomic E-state index is 0.245. The van der Waals surface area contributed by atoms with Gasteiger partial charge in [-0.2, -0.15) is 9.61 Å². The van der Waals surface area contributed by atoms with Gasteiger partial charge in [-0.25, -0.2) is 0 Å². The fourth-order valence-electron chi connectivity index (χ4n) is 2.86. The van der Waals surface area contributed by atoms with E-state index in [1.807, 2.05) is 11.4 Å². The van der Waals surface area contributed by atoms with Crippen LogP contribution in [0.2, 0.25) is 0 Å². The smallest absolute Gasteiger partial charge is 0.234 e. The molecule has 1 N–H and O–H groups in total. The molecule has 0 amide bonds. The second-order valence-electron chi connectivity index (χ2n) is 5.21. The van der Waals surface area contributed by atoms with Crippen LogP contribution in [-0.2, 0) is 6.42 Å². The molecule has 5 nitrogen and oxygen atoms in total. The molecule has 3 rings (SSSR count). The maximum Gasteiger partial charge on any atom is 0.234 e. The van der Waals surface area contributed by atoms with Crippen molar-refractivity contribution in [3.8, 4) is 0 Å². The highest BCUT2D eigenvalue weighted by atomic mass is 32.1. The maximum absolute atomic E-state index is 4.63. The molecule has 6 heteroatoms. The van der Waals surface area contributed by atoms with E-state index in [4.69, 9.17) is 0 Å². The lowest BCUT2D eigenvalue weighted by molar-refractivity contribution is 0.244. The van der Waals surface area contributed by atoms with Gasteiger partial charge in [-0.3, -0.25) is 0 Å². The summed E-state index contributed by atoms with van der Waals surface area (Å²) in [7, 11) is 2.08. The number of nitrogens with one attached hydrogen (secondary N) is 1. The molecule has 0 radical (unpaired) electrons. The predicted molar refractivity (Wildman–Crippen MR) is 72.0 cm³/mol. The molecule has 1 aliphatic rings. The second kappa shape index (κ2) is 4.59. The molecule has 98 valence electrons. The third kappa shape index (κ3) is 2.03. The number of likely N-dealkylation sites (N-methyl/N-ethyl adjacent to an activating group) is 1. The summed E-state index contributed by atoms with van der Waals surface area (Å²) in [6.45, 7) is 1.94. The number of nitrogens with zero attached hydrogens (tertiary/aromatic N) is 4. The zero-order chi connectivity index (χ0) is 12.6. The van der Waals surface area contributed by atoms with Crippen molar-refractivity contribution in [2.45, 2.75) is 51.0 Å². The molecule has 0 saturated heterocycles. The van der Waals surface area contributed by atoms with Crippen LogP contribution >= 0.6 is 11.3 Å². The lowest BCUT2D eigenvalue weighted by Gasteiger charge is -2.36. The maximum atomic E-state index is 4.63. The van der Waals surface area contributed by atoms with E-state index in [-0.39, 0.29) is 5.54 Å². The van der Waals surface area contributed by atoms with Gasteiger partial charge in [0.15, 0.2) is 5.82 Å². The topological polar surface area (TPSA) is 55.1 Å². The summed E-state index contributed by atoms with van der Waals surface area (Å²) in [5.74, 6) is 0.870. The zero-order valence-electron chi connectivity index (χ0n) is 10.9. The van der Waals surface area contributed by atoms with Gasteiger partial charge < -0.3 is 5.32 Å². The molecular weight excluding hydrogens is 246 g/mol. The van der Waals surface area contributed by atoms with E-state index in [0.29, 0.717) is 0 Å². The summed E-state index contributed by atoms with van der Waals surface area (Å²) in [4.78, 5) is 0.907. The first kappa shape index (κ1) is 12.0. The Kier molecular flexibility index (Phi) is 3.07. The van der Waals surface area contributed by atoms with Crippen LogP contribution in [0, 0.1) is 6.92 Å². The van der Waals surface area contributed by atoms with E-state index in [9.17, 15) is 0 Å². The minimum Gasteiger partial charge on any atom is -0.314 e. The molecule has 2 aromatic rings. The average molecular weight is 265 g/mol. The first-order valence-electron chi connectivity index (χ1n) is 6.59. The van der Waals surface area contributed by atoms with Gasteiger partial charge in [0, 0.05) is 12.0 Å². The minimum atomic E-state index is 0.245. The van der Waals surface area contributed by atoms with Gasteiger partial charge in [0.05, 0.1) is 0 Å². The third-order valence-electron chi connectivity index (χ3n) is 4.02. The SMILES string of the molecule is CNC1(Cc2nn3c(C)nnc3s2)CCCCC1. The van der Waals surface area contributed by atoms with Crippen LogP contribution in [-0.4, -0.2) is 32.4 Å². The highest BCUT2D eigenvalue weighted by Crippen LogP contribution is 2.32. The lowest BCUT2D eigenvalue weighted by atomic mass is 9.79. The van der Waals surface area contributed by atoms with Crippen molar-refractivity contribution in [1.82, 2.24) is 25.1 Å². The van der Waals surface area contributed by atoms with Crippen molar-refractivity contribution in [2.24, 2.45) is 0 Å². The molecule has 0 unspecified atom stereocenters. The fourth-order valence-corrected chi connectivity index (χ4v) is 3.88. The zero-order valence-corrected chi connectivity index (χ0v) is 11.8. The first-order valence-corrected chi connectivity index (χ1v) is 7.41. The summed E-state index contributed by atoms with van der Waals surface area (Å²) in [5.41, 5.74) is 0.245. The Labute approximate surface area is 111 Å². The highest BCUT2D eigenvalue weighted by Gasteiger charge is 2.31. The monoisotopic (exact) mass is 265 g/mol. The van der Waals surface area contributed by atoms with Crippen molar-refractivity contribution >= 4 is 16.3 Å². The Balaban J connectivity index is 1.85. The molecular formula is C12H19N5S. The number of hydrogen-bond acceptors (Lipinski definition) is 5. The van der Waals surface area contributed by atoms with E-state index in [1.54, 1.807) is 11.3 Å². The van der Waals surface area contributed by atoms with Crippen LogP contribution < -0.4 is 5.32 Å². The van der Waals surface area contributed by atoms with E-state index < -0.39 is 0 Å². The molecule has 18 heavy (non-hydrogen) atoms. The summed E-state index contributed by atoms with van der Waals surface area (Å²) in [6, 6.07) is 0. The van der Waals surface area contributed by atoms with Gasteiger partial charge in [-0.1, -0.05) is 30.6 Å². The largest absolute Gasteiger partial charge is 0.314 e. The summed E-state index contributed by atoms with van der Waals surface area (Å²) in [5, 5.41) is 17.5. The Morgan fingerprint density at radius 2 is 2.06 bits per heavy atom. The molecule has 0 spiro atoms. The highest BCUT2D eigenvalue weighted by molar-refractivity contribution is 7.16. The van der Waals surface area contributed by atoms with Crippen molar-refractivity contribution < 1.29 is 0 Å². The molecule has 2 heterocycles. The Bertz CT molecular complexity index is 538. The number of fused-ring (bicyclic) bond motifs is 1. The number of hydrogen-bond donors (Lipinski definition) is 1. The Hall–Kier alpha value is -1.01. The molecule has 0 bridgehead atoms. The summed E-state index contributed by atoms with van der Waals surface area (Å²) < 4.78 is 1.85. The standard InChI is InChI=1S/C12H19N5S/c1-9-14-15-11-17(9)16-10(18-11)8-12(13-2)6-4-3-5-7-12/h13H,3-8H2,1-2H3. The fraction of sp³-hybridized carbons (Fsp3) is 0.750. The van der Waals surface area contributed by atoms with Crippen molar-refractivity contribution in [1.29, 1.82) is 0 Å². The van der Waals surface area contributed by atoms with Crippen LogP contribution in [0.15, 0.2) is 0 Å². The number of aryl methyl sites for hydroxylation is 1. The second-order valence-corrected chi connectivity index (χ2v) is 6.25. The van der Waals surface area contributed by atoms with Gasteiger partial charge in [0.1, 0.15) is 5.01 Å². The van der Waals surface area contributed by atoms with Gasteiger partial charge >= 0.3 is 0 Å². The molecule has 0 aromatic carbocycles. The van der Waals surface area contributed by atoms with Crippen LogP contribution in [0.25, 0.3) is 4.96 Å². The van der Waals surface area contributed by atoms with Crippen molar-refractivity contribution in [3.63, 3.8) is 0 Å². The van der Waals surface area contributed by atoms with E-state index in [2.05, 4.69) is 27.7 Å². The normalized spacial score (nSPS) is 19.4. The molecule has 1 saturated carbocycles. The summed E-state index contributed by atoms with van der Waals surface area (Å²) >= 11 is 1.66. The van der Waals surface area contributed by atoms with E-state index in [0.717, 1.165) is 17.2 Å². The molecule has 2 aromatic heterocycles. The van der Waals surface area contributed by atoms with Gasteiger partial charge in [-0.15, -0.1) is 10.2 Å². The first-order chi connectivity index (χ1) is 8.72. The molecule has 0 atom stereocenters. The third-order valence-corrected chi connectivity index (χ3v) is 4.92. The van der Waals surface area contributed by atoms with Gasteiger partial charge in [0.25, 0.3) is 0 Å². The molecule has 1 aliphatic carbocycles. The van der Waals surface area contributed by atoms with E-state index >= 15 is 0 Å². The molecule has 1 fully saturated rings. The lowest BCUT2D eigenvalue weighted by Crippen LogP contribution is -2.46. The quantitative estimate of drug-likeness (QED) is 0.921. The van der Waals surface area contributed by atoms with Gasteiger partial charge in [-0.05, 0) is 26.8 Å². The predicted octanol–water partition coefficient (Wildman–Crippen LogP) is 1.96. The Morgan fingerprint density at radius 3 is 2.72 bits per heavy atom. The summed E-state index contributed by atoms with van der Waals surface area (Å²) in [6.07, 6.45) is 7.53. The van der Waals surface area contributed by atoms with Crippen LogP contribution in [0.3, 0.4) is 0 Å². The van der Waals surface area contributed by atoms with Crippen LogP contribution in [0.4, 0.5) is 0 Å². The Morgan fingerprint density at radius 1 is 1.28 bits per heavy atom. The van der Waals surface area contributed by atoms with Crippen LogP contribution in [0.5, 0.6) is 0 Å². The van der Waals surface area contributed by atoms with Crippen LogP contribution in [0.1, 0.15) is 42.9 Å². The number of rotatable bonds is 3. The van der Waals surface area contributed by atoms with Gasteiger partial charge in [0.2, 0.25) is 4.96 Å². The average Bonchev–Trinajstić information content (AvgIpc) is 2.93. The molecule has 0 aliphatic heterocycles. The van der Waals surface area contributed by atoms with Crippen molar-refractivity contribution in [2.75, 3.05) is 7.05 Å². The van der Waals surface area contributed by atoms with Crippen molar-refractivity contribution in [3.05, 3.63) is 10.8 Å².